The quantitative estimate of drug-likeness (QED) is 0.860. The summed E-state index contributed by atoms with van der Waals surface area (Å²) in [6.07, 6.45) is -1.13. The highest BCUT2D eigenvalue weighted by molar-refractivity contribution is 9.07. The van der Waals surface area contributed by atoms with E-state index in [0.29, 0.717) is 5.56 Å². The SMILES string of the molecule is [2H]C(C(=O)N(Br)[C@@H](C)C(=O)O)c1ccccc1. The number of carbonyl (C=O) groups excluding carboxylic acids is 1. The molecule has 1 aromatic carbocycles. The zero-order valence-corrected chi connectivity index (χ0v) is 10.2. The van der Waals surface area contributed by atoms with Gasteiger partial charge in [-0.2, -0.15) is 0 Å². The number of hydrogen-bond acceptors (Lipinski definition) is 2. The summed E-state index contributed by atoms with van der Waals surface area (Å²) in [7, 11) is 0. The number of carboxylic acid groups (broad SMARTS) is 1. The van der Waals surface area contributed by atoms with E-state index in [0.717, 1.165) is 3.93 Å². The van der Waals surface area contributed by atoms with Crippen molar-refractivity contribution in [2.45, 2.75) is 19.4 Å². The molecule has 0 aromatic heterocycles. The minimum absolute atomic E-state index is 0.527. The topological polar surface area (TPSA) is 57.6 Å². The van der Waals surface area contributed by atoms with E-state index in [1.807, 2.05) is 0 Å². The maximum atomic E-state index is 11.8. The van der Waals surface area contributed by atoms with Gasteiger partial charge < -0.3 is 5.11 Å². The van der Waals surface area contributed by atoms with Crippen molar-refractivity contribution in [2.75, 3.05) is 0 Å². The predicted molar refractivity (Wildman–Crippen MR) is 63.0 cm³/mol. The second kappa shape index (κ2) is 5.65. The van der Waals surface area contributed by atoms with E-state index < -0.39 is 24.3 Å². The first-order valence-electron chi connectivity index (χ1n) is 5.21. The Balaban J connectivity index is 2.80. The Kier molecular flexibility index (Phi) is 3.93. The smallest absolute Gasteiger partial charge is 0.327 e. The fourth-order valence-electron chi connectivity index (χ4n) is 1.04. The molecule has 0 bridgehead atoms. The molecule has 0 aliphatic carbocycles. The molecule has 0 aliphatic rings. The maximum absolute atomic E-state index is 11.8. The summed E-state index contributed by atoms with van der Waals surface area (Å²) in [5.74, 6) is -1.73. The maximum Gasteiger partial charge on any atom is 0.327 e. The molecule has 1 N–H and O–H groups in total. The van der Waals surface area contributed by atoms with Gasteiger partial charge in [0.05, 0.1) is 22.5 Å². The predicted octanol–water partition coefficient (Wildman–Crippen LogP) is 1.84. The number of halogens is 1. The highest BCUT2D eigenvalue weighted by Gasteiger charge is 2.23. The lowest BCUT2D eigenvalue weighted by atomic mass is 10.1. The van der Waals surface area contributed by atoms with Crippen molar-refractivity contribution in [3.8, 4) is 0 Å². The Labute approximate surface area is 104 Å². The van der Waals surface area contributed by atoms with Crippen molar-refractivity contribution in [1.29, 1.82) is 0 Å². The van der Waals surface area contributed by atoms with E-state index in [-0.39, 0.29) is 0 Å². The molecule has 0 aliphatic heterocycles. The number of nitrogens with zero attached hydrogens (tertiary/aromatic N) is 1. The zero-order chi connectivity index (χ0) is 13.0. The van der Waals surface area contributed by atoms with E-state index in [4.69, 9.17) is 6.48 Å². The summed E-state index contributed by atoms with van der Waals surface area (Å²) in [6, 6.07) is 7.53. The first-order chi connectivity index (χ1) is 7.95. The Hall–Kier alpha value is -1.36. The van der Waals surface area contributed by atoms with Gasteiger partial charge in [-0.25, -0.2) is 4.79 Å². The van der Waals surface area contributed by atoms with Gasteiger partial charge in [-0.3, -0.25) is 8.72 Å². The molecule has 4 nitrogen and oxygen atoms in total. The number of hydrogen-bond donors (Lipinski definition) is 1. The van der Waals surface area contributed by atoms with Gasteiger partial charge in [0.25, 0.3) is 0 Å². The monoisotopic (exact) mass is 286 g/mol. The molecule has 0 saturated carbocycles. The molecule has 1 amide bonds. The first kappa shape index (κ1) is 11.1. The van der Waals surface area contributed by atoms with Crippen molar-refractivity contribution >= 4 is 28.0 Å². The van der Waals surface area contributed by atoms with Crippen molar-refractivity contribution in [3.63, 3.8) is 0 Å². The van der Waals surface area contributed by atoms with Crippen LogP contribution in [0.5, 0.6) is 0 Å². The van der Waals surface area contributed by atoms with E-state index in [9.17, 15) is 9.59 Å². The van der Waals surface area contributed by atoms with Crippen LogP contribution in [0.4, 0.5) is 0 Å². The van der Waals surface area contributed by atoms with Crippen LogP contribution in [0.1, 0.15) is 13.9 Å². The van der Waals surface area contributed by atoms with Gasteiger partial charge in [0.2, 0.25) is 5.91 Å². The number of aliphatic carboxylic acids is 1. The summed E-state index contributed by atoms with van der Waals surface area (Å²) in [5, 5.41) is 8.77. The van der Waals surface area contributed by atoms with Gasteiger partial charge in [0.1, 0.15) is 6.04 Å². The van der Waals surface area contributed by atoms with Crippen LogP contribution >= 0.6 is 16.1 Å². The van der Waals surface area contributed by atoms with Crippen LogP contribution in [0.2, 0.25) is 0 Å². The molecule has 1 rings (SSSR count). The second-order valence-electron chi connectivity index (χ2n) is 3.22. The van der Waals surface area contributed by atoms with Gasteiger partial charge in [-0.1, -0.05) is 30.3 Å². The summed E-state index contributed by atoms with van der Waals surface area (Å²) in [5.41, 5.74) is 0.527. The number of benzene rings is 1. The van der Waals surface area contributed by atoms with Gasteiger partial charge in [-0.05, 0) is 12.5 Å². The normalized spacial score (nSPS) is 14.8. The molecule has 16 heavy (non-hydrogen) atoms. The standard InChI is InChI=1S/C11H12BrNO3/c1-8(11(15)16)13(12)10(14)7-9-5-3-2-4-6-9/h2-6,8H,7H2,1H3,(H,15,16)/t8-/m0/s1/i7D/t7?,8-. The Bertz CT molecular complexity index is 412. The Morgan fingerprint density at radius 1 is 1.50 bits per heavy atom. The average molecular weight is 287 g/mol. The Morgan fingerprint density at radius 3 is 2.56 bits per heavy atom. The molecular weight excluding hydrogens is 274 g/mol. The molecule has 0 saturated heterocycles. The third-order valence-electron chi connectivity index (χ3n) is 2.00. The molecular formula is C11H12BrNO3. The molecule has 5 heteroatoms. The van der Waals surface area contributed by atoms with E-state index in [1.165, 1.54) is 6.92 Å². The van der Waals surface area contributed by atoms with Crippen LogP contribution in [0, 0.1) is 0 Å². The van der Waals surface area contributed by atoms with Crippen LogP contribution in [0.25, 0.3) is 0 Å². The highest BCUT2D eigenvalue weighted by Crippen LogP contribution is 2.10. The number of carbonyl (C=O) groups is 2. The van der Waals surface area contributed by atoms with Crippen LogP contribution < -0.4 is 0 Å². The molecule has 86 valence electrons. The molecule has 1 aromatic rings. The molecule has 0 radical (unpaired) electrons. The minimum atomic E-state index is -1.13. The highest BCUT2D eigenvalue weighted by atomic mass is 79.9. The lowest BCUT2D eigenvalue weighted by Crippen LogP contribution is -2.36. The molecule has 0 heterocycles. The lowest BCUT2D eigenvalue weighted by molar-refractivity contribution is -0.144. The van der Waals surface area contributed by atoms with Crippen LogP contribution in [0.3, 0.4) is 0 Å². The summed E-state index contributed by atoms with van der Waals surface area (Å²) in [4.78, 5) is 22.5. The average Bonchev–Trinajstić information content (AvgIpc) is 2.36. The van der Waals surface area contributed by atoms with Crippen LogP contribution in [-0.4, -0.2) is 27.0 Å². The molecule has 2 atom stereocenters. The van der Waals surface area contributed by atoms with Gasteiger partial charge in [0, 0.05) is 1.37 Å². The molecule has 1 unspecified atom stereocenters. The second-order valence-corrected chi connectivity index (χ2v) is 3.98. The van der Waals surface area contributed by atoms with E-state index in [1.54, 1.807) is 30.3 Å². The fraction of sp³-hybridized carbons (Fsp3) is 0.273. The minimum Gasteiger partial charge on any atom is -0.480 e. The van der Waals surface area contributed by atoms with E-state index in [2.05, 4.69) is 16.1 Å². The third-order valence-corrected chi connectivity index (χ3v) is 2.96. The van der Waals surface area contributed by atoms with Crippen LogP contribution in [0.15, 0.2) is 30.3 Å². The van der Waals surface area contributed by atoms with Crippen molar-refractivity contribution in [3.05, 3.63) is 35.9 Å². The van der Waals surface area contributed by atoms with Gasteiger partial charge >= 0.3 is 5.97 Å². The molecule has 0 fully saturated rings. The number of rotatable bonds is 4. The van der Waals surface area contributed by atoms with Crippen molar-refractivity contribution in [1.82, 2.24) is 3.93 Å². The Morgan fingerprint density at radius 2 is 2.06 bits per heavy atom. The summed E-state index contributed by atoms with van der Waals surface area (Å²) in [6.45, 7) is 1.37. The van der Waals surface area contributed by atoms with Crippen molar-refractivity contribution < 1.29 is 16.1 Å². The van der Waals surface area contributed by atoms with Crippen molar-refractivity contribution in [2.24, 2.45) is 0 Å². The summed E-state index contributed by atoms with van der Waals surface area (Å²) < 4.78 is 8.66. The summed E-state index contributed by atoms with van der Waals surface area (Å²) >= 11 is 2.89. The van der Waals surface area contributed by atoms with Crippen LogP contribution in [-0.2, 0) is 16.0 Å². The number of amides is 1. The third kappa shape index (κ3) is 3.34. The number of carboxylic acids is 1. The zero-order valence-electron chi connectivity index (χ0n) is 9.63. The van der Waals surface area contributed by atoms with E-state index >= 15 is 0 Å². The largest absolute Gasteiger partial charge is 0.480 e. The fourth-order valence-corrected chi connectivity index (χ4v) is 1.32. The van der Waals surface area contributed by atoms with Gasteiger partial charge in [0.15, 0.2) is 0 Å². The molecule has 0 spiro atoms. The first-order valence-corrected chi connectivity index (χ1v) is 5.35. The lowest BCUT2D eigenvalue weighted by Gasteiger charge is -2.18. The van der Waals surface area contributed by atoms with Gasteiger partial charge in [-0.15, -0.1) is 0 Å².